The van der Waals surface area contributed by atoms with Crippen LogP contribution in [0.2, 0.25) is 0 Å². The van der Waals surface area contributed by atoms with E-state index in [-0.39, 0.29) is 12.1 Å². The first kappa shape index (κ1) is 19.2. The van der Waals surface area contributed by atoms with Crippen LogP contribution in [0.1, 0.15) is 30.8 Å². The quantitative estimate of drug-likeness (QED) is 0.847. The first-order valence-electron chi connectivity index (χ1n) is 9.48. The molecular weight excluding hydrogens is 342 g/mol. The zero-order valence-corrected chi connectivity index (χ0v) is 16.4. The number of benzene rings is 1. The highest BCUT2D eigenvalue weighted by atomic mass is 16.5. The number of aromatic nitrogens is 2. The molecule has 1 atom stereocenters. The number of imidazole rings is 1. The van der Waals surface area contributed by atoms with E-state index >= 15 is 0 Å². The van der Waals surface area contributed by atoms with Crippen LogP contribution in [0.3, 0.4) is 0 Å². The second-order valence-corrected chi connectivity index (χ2v) is 6.90. The van der Waals surface area contributed by atoms with Crippen molar-refractivity contribution >= 4 is 6.03 Å². The molecule has 2 heterocycles. The summed E-state index contributed by atoms with van der Waals surface area (Å²) < 4.78 is 7.25. The molecule has 2 amide bonds. The van der Waals surface area contributed by atoms with Crippen molar-refractivity contribution in [2.45, 2.75) is 25.9 Å². The van der Waals surface area contributed by atoms with Crippen LogP contribution in [-0.4, -0.2) is 58.7 Å². The molecule has 146 valence electrons. The van der Waals surface area contributed by atoms with Gasteiger partial charge in [0.05, 0.1) is 19.7 Å². The third-order valence-corrected chi connectivity index (χ3v) is 5.17. The van der Waals surface area contributed by atoms with Crippen LogP contribution in [-0.2, 0) is 13.6 Å². The van der Waals surface area contributed by atoms with E-state index in [0.29, 0.717) is 0 Å². The summed E-state index contributed by atoms with van der Waals surface area (Å²) in [5.41, 5.74) is 1.10. The van der Waals surface area contributed by atoms with Gasteiger partial charge in [0.1, 0.15) is 11.6 Å². The summed E-state index contributed by atoms with van der Waals surface area (Å²) in [6.07, 6.45) is 4.63. The predicted molar refractivity (Wildman–Crippen MR) is 105 cm³/mol. The van der Waals surface area contributed by atoms with Crippen molar-refractivity contribution in [2.75, 3.05) is 33.3 Å². The molecule has 3 rings (SSSR count). The van der Waals surface area contributed by atoms with Crippen LogP contribution in [0.5, 0.6) is 5.75 Å². The van der Waals surface area contributed by atoms with Crippen molar-refractivity contribution in [3.05, 3.63) is 48.0 Å². The normalized spacial score (nSPS) is 16.2. The van der Waals surface area contributed by atoms with Gasteiger partial charge in [-0.05, 0) is 24.1 Å². The number of methoxy groups -OCH3 is 1. The Balaban J connectivity index is 1.51. The van der Waals surface area contributed by atoms with Crippen molar-refractivity contribution in [3.63, 3.8) is 0 Å². The molecule has 2 aromatic rings. The minimum Gasteiger partial charge on any atom is -0.497 e. The van der Waals surface area contributed by atoms with E-state index in [2.05, 4.69) is 22.1 Å². The second kappa shape index (κ2) is 8.90. The van der Waals surface area contributed by atoms with Crippen LogP contribution in [0.4, 0.5) is 4.79 Å². The first-order chi connectivity index (χ1) is 13.1. The van der Waals surface area contributed by atoms with E-state index in [4.69, 9.17) is 4.74 Å². The van der Waals surface area contributed by atoms with Crippen molar-refractivity contribution in [3.8, 4) is 5.75 Å². The van der Waals surface area contributed by atoms with Gasteiger partial charge in [-0.15, -0.1) is 0 Å². The van der Waals surface area contributed by atoms with E-state index in [1.807, 2.05) is 53.2 Å². The fourth-order valence-corrected chi connectivity index (χ4v) is 3.36. The minimum absolute atomic E-state index is 0.00834. The number of carbonyl (C=O) groups is 1. The van der Waals surface area contributed by atoms with Crippen molar-refractivity contribution in [1.82, 2.24) is 24.7 Å². The Kier molecular flexibility index (Phi) is 6.34. The third kappa shape index (κ3) is 4.80. The Morgan fingerprint density at radius 3 is 2.48 bits per heavy atom. The van der Waals surface area contributed by atoms with Gasteiger partial charge in [0.2, 0.25) is 0 Å². The van der Waals surface area contributed by atoms with Gasteiger partial charge >= 0.3 is 6.03 Å². The SMILES string of the molecule is CC[C@H](NC(=O)N1CCN(Cc2nccn2C)CC1)c1ccc(OC)cc1. The summed E-state index contributed by atoms with van der Waals surface area (Å²) in [7, 11) is 3.66. The summed E-state index contributed by atoms with van der Waals surface area (Å²) in [6.45, 7) is 6.09. The molecule has 0 spiro atoms. The highest BCUT2D eigenvalue weighted by Crippen LogP contribution is 2.20. The standard InChI is InChI=1S/C20H29N5O2/c1-4-18(16-5-7-17(27-3)8-6-16)22-20(26)25-13-11-24(12-14-25)15-19-21-9-10-23(19)2/h5-10,18H,4,11-15H2,1-3H3,(H,22,26)/t18-/m0/s1. The maximum absolute atomic E-state index is 12.7. The molecule has 0 bridgehead atoms. The maximum Gasteiger partial charge on any atom is 0.317 e. The van der Waals surface area contributed by atoms with Crippen LogP contribution < -0.4 is 10.1 Å². The minimum atomic E-state index is 0.00834. The van der Waals surface area contributed by atoms with Crippen LogP contribution >= 0.6 is 0 Å². The summed E-state index contributed by atoms with van der Waals surface area (Å²) in [5, 5.41) is 3.17. The van der Waals surface area contributed by atoms with Gasteiger partial charge in [0.25, 0.3) is 0 Å². The highest BCUT2D eigenvalue weighted by molar-refractivity contribution is 5.74. The molecule has 0 saturated carbocycles. The highest BCUT2D eigenvalue weighted by Gasteiger charge is 2.23. The fraction of sp³-hybridized carbons (Fsp3) is 0.500. The lowest BCUT2D eigenvalue weighted by molar-refractivity contribution is 0.131. The summed E-state index contributed by atoms with van der Waals surface area (Å²) >= 11 is 0. The lowest BCUT2D eigenvalue weighted by Crippen LogP contribution is -2.52. The number of nitrogens with one attached hydrogen (secondary N) is 1. The molecule has 1 saturated heterocycles. The van der Waals surface area contributed by atoms with Crippen LogP contribution in [0, 0.1) is 0 Å². The molecular formula is C20H29N5O2. The molecule has 0 unspecified atom stereocenters. The van der Waals surface area contributed by atoms with E-state index in [1.54, 1.807) is 7.11 Å². The molecule has 7 heteroatoms. The predicted octanol–water partition coefficient (Wildman–Crippen LogP) is 2.41. The average Bonchev–Trinajstić information content (AvgIpc) is 3.11. The molecule has 0 radical (unpaired) electrons. The molecule has 1 aromatic carbocycles. The van der Waals surface area contributed by atoms with E-state index in [1.165, 1.54) is 0 Å². The smallest absolute Gasteiger partial charge is 0.317 e. The van der Waals surface area contributed by atoms with E-state index < -0.39 is 0 Å². The van der Waals surface area contributed by atoms with Crippen LogP contribution in [0.15, 0.2) is 36.7 Å². The number of hydrogen-bond donors (Lipinski definition) is 1. The summed E-state index contributed by atoms with van der Waals surface area (Å²) in [4.78, 5) is 21.3. The lowest BCUT2D eigenvalue weighted by Gasteiger charge is -2.35. The number of aryl methyl sites for hydroxylation is 1. The number of urea groups is 1. The van der Waals surface area contributed by atoms with Crippen LogP contribution in [0.25, 0.3) is 0 Å². The Bertz CT molecular complexity index is 735. The molecule has 1 aliphatic rings. The second-order valence-electron chi connectivity index (χ2n) is 6.90. The van der Waals surface area contributed by atoms with Gasteiger partial charge in [0.15, 0.2) is 0 Å². The number of ether oxygens (including phenoxy) is 1. The molecule has 1 aromatic heterocycles. The molecule has 1 fully saturated rings. The average molecular weight is 371 g/mol. The number of piperazine rings is 1. The van der Waals surface area contributed by atoms with Crippen molar-refractivity contribution in [1.29, 1.82) is 0 Å². The molecule has 7 nitrogen and oxygen atoms in total. The van der Waals surface area contributed by atoms with E-state index in [9.17, 15) is 4.79 Å². The fourth-order valence-electron chi connectivity index (χ4n) is 3.36. The number of amides is 2. The maximum atomic E-state index is 12.7. The lowest BCUT2D eigenvalue weighted by atomic mass is 10.0. The molecule has 27 heavy (non-hydrogen) atoms. The number of carbonyl (C=O) groups excluding carboxylic acids is 1. The summed E-state index contributed by atoms with van der Waals surface area (Å²) in [5.74, 6) is 1.88. The van der Waals surface area contributed by atoms with Gasteiger partial charge in [-0.1, -0.05) is 19.1 Å². The van der Waals surface area contributed by atoms with Gasteiger partial charge in [-0.25, -0.2) is 9.78 Å². The van der Waals surface area contributed by atoms with E-state index in [0.717, 1.165) is 56.3 Å². The van der Waals surface area contributed by atoms with Crippen molar-refractivity contribution in [2.24, 2.45) is 7.05 Å². The Hall–Kier alpha value is -2.54. The monoisotopic (exact) mass is 371 g/mol. The van der Waals surface area contributed by atoms with Gasteiger partial charge in [-0.2, -0.15) is 0 Å². The summed E-state index contributed by atoms with van der Waals surface area (Å²) in [6, 6.07) is 7.90. The van der Waals surface area contributed by atoms with Gasteiger partial charge in [0, 0.05) is 45.6 Å². The molecule has 1 N–H and O–H groups in total. The third-order valence-electron chi connectivity index (χ3n) is 5.17. The number of nitrogens with zero attached hydrogens (tertiary/aromatic N) is 4. The molecule has 0 aliphatic carbocycles. The first-order valence-corrected chi connectivity index (χ1v) is 9.48. The van der Waals surface area contributed by atoms with Gasteiger partial charge < -0.3 is 19.5 Å². The number of rotatable bonds is 6. The molecule has 1 aliphatic heterocycles. The topological polar surface area (TPSA) is 62.6 Å². The Morgan fingerprint density at radius 2 is 1.93 bits per heavy atom. The number of hydrogen-bond acceptors (Lipinski definition) is 4. The Labute approximate surface area is 160 Å². The zero-order valence-electron chi connectivity index (χ0n) is 16.4. The Morgan fingerprint density at radius 1 is 1.22 bits per heavy atom. The van der Waals surface area contributed by atoms with Gasteiger partial charge in [-0.3, -0.25) is 4.90 Å². The van der Waals surface area contributed by atoms with Crippen molar-refractivity contribution < 1.29 is 9.53 Å². The largest absolute Gasteiger partial charge is 0.497 e. The zero-order chi connectivity index (χ0) is 19.2.